The molecule has 6 nitrogen and oxygen atoms in total. The highest BCUT2D eigenvalue weighted by molar-refractivity contribution is 6.35. The number of aromatic nitrogens is 1. The summed E-state index contributed by atoms with van der Waals surface area (Å²) in [5.41, 5.74) is 1.67. The second kappa shape index (κ2) is 9.94. The highest BCUT2D eigenvalue weighted by atomic mass is 35.5. The lowest BCUT2D eigenvalue weighted by molar-refractivity contribution is -0.139. The third-order valence-electron chi connectivity index (χ3n) is 4.58. The van der Waals surface area contributed by atoms with Crippen LogP contribution in [0.2, 0.25) is 10.0 Å². The van der Waals surface area contributed by atoms with Crippen molar-refractivity contribution in [2.24, 2.45) is 4.99 Å². The number of ether oxygens (including phenoxy) is 1. The maximum atomic E-state index is 12.9. The number of carbonyl (C=O) groups excluding carboxylic acids is 1. The number of amidine groups is 1. The number of nitrogens with one attached hydrogen (secondary N) is 1. The molecule has 29 heavy (non-hydrogen) atoms. The lowest BCUT2D eigenvalue weighted by Crippen LogP contribution is -2.33. The fraction of sp³-hybridized carbons (Fsp3) is 0.381. The monoisotopic (exact) mass is 435 g/mol. The summed E-state index contributed by atoms with van der Waals surface area (Å²) in [6.07, 6.45) is 7.09. The predicted octanol–water partition coefficient (Wildman–Crippen LogP) is 5.47. The minimum absolute atomic E-state index is 0.325. The van der Waals surface area contributed by atoms with Gasteiger partial charge in [-0.2, -0.15) is 0 Å². The maximum Gasteiger partial charge on any atom is 0.338 e. The van der Waals surface area contributed by atoms with E-state index in [1.165, 1.54) is 12.5 Å². The molecule has 1 aliphatic heterocycles. The Bertz CT molecular complexity index is 923. The molecule has 154 valence electrons. The zero-order valence-electron chi connectivity index (χ0n) is 16.4. The second-order valence-corrected chi connectivity index (χ2v) is 7.59. The van der Waals surface area contributed by atoms with Crippen LogP contribution in [0.15, 0.2) is 51.3 Å². The Hall–Kier alpha value is -2.31. The number of aliphatic imine (C=N–C) groups is 1. The first-order valence-electron chi connectivity index (χ1n) is 9.58. The molecule has 0 spiro atoms. The van der Waals surface area contributed by atoms with Gasteiger partial charge in [-0.25, -0.2) is 9.78 Å². The van der Waals surface area contributed by atoms with Gasteiger partial charge >= 0.3 is 5.97 Å². The molecule has 1 aliphatic rings. The van der Waals surface area contributed by atoms with Crippen LogP contribution in [0.25, 0.3) is 0 Å². The minimum Gasteiger partial charge on any atom is -0.462 e. The van der Waals surface area contributed by atoms with Crippen LogP contribution in [0.3, 0.4) is 0 Å². The molecule has 1 aromatic carbocycles. The van der Waals surface area contributed by atoms with Crippen LogP contribution < -0.4 is 5.32 Å². The molecule has 0 saturated carbocycles. The number of oxazole rings is 1. The van der Waals surface area contributed by atoms with E-state index in [9.17, 15) is 4.79 Å². The zero-order chi connectivity index (χ0) is 20.8. The molecule has 1 N–H and O–H groups in total. The fourth-order valence-corrected chi connectivity index (χ4v) is 3.62. The van der Waals surface area contributed by atoms with E-state index < -0.39 is 12.0 Å². The van der Waals surface area contributed by atoms with Crippen LogP contribution in [-0.2, 0) is 9.53 Å². The Balaban J connectivity index is 1.90. The molecular formula is C21H23Cl2N3O3. The van der Waals surface area contributed by atoms with E-state index in [1.54, 1.807) is 25.1 Å². The van der Waals surface area contributed by atoms with E-state index in [2.05, 4.69) is 22.2 Å². The van der Waals surface area contributed by atoms with Gasteiger partial charge in [-0.3, -0.25) is 4.99 Å². The van der Waals surface area contributed by atoms with Crippen LogP contribution in [0, 0.1) is 0 Å². The van der Waals surface area contributed by atoms with Gasteiger partial charge < -0.3 is 14.5 Å². The Morgan fingerprint density at radius 1 is 1.28 bits per heavy atom. The van der Waals surface area contributed by atoms with Crippen LogP contribution in [0.4, 0.5) is 0 Å². The fourth-order valence-electron chi connectivity index (χ4n) is 3.11. The van der Waals surface area contributed by atoms with Gasteiger partial charge in [0.25, 0.3) is 5.89 Å². The normalized spacial score (nSPS) is 16.4. The van der Waals surface area contributed by atoms with Crippen LogP contribution in [0.5, 0.6) is 0 Å². The highest BCUT2D eigenvalue weighted by Crippen LogP contribution is 2.37. The van der Waals surface area contributed by atoms with E-state index in [0.29, 0.717) is 45.2 Å². The molecule has 0 bridgehead atoms. The topological polar surface area (TPSA) is 76.7 Å². The van der Waals surface area contributed by atoms with Gasteiger partial charge in [0.1, 0.15) is 12.3 Å². The number of halogens is 2. The van der Waals surface area contributed by atoms with Crippen molar-refractivity contribution in [3.05, 3.63) is 63.4 Å². The van der Waals surface area contributed by atoms with Gasteiger partial charge in [0.2, 0.25) is 0 Å². The first-order chi connectivity index (χ1) is 14.0. The second-order valence-electron chi connectivity index (χ2n) is 6.74. The molecule has 0 amide bonds. The molecule has 0 aliphatic carbocycles. The standard InChI is InChI=1S/C21H23Cl2N3O3/c1-3-4-5-6-10-29-21(27)17-13(2)25-19(20-24-9-11-28-20)26-18(17)15-8-7-14(22)12-16(15)23/h7-9,11-12,18H,3-6,10H2,1-2H3,(H,25,26). The van der Waals surface area contributed by atoms with Crippen molar-refractivity contribution in [2.45, 2.75) is 45.6 Å². The largest absolute Gasteiger partial charge is 0.462 e. The summed E-state index contributed by atoms with van der Waals surface area (Å²) in [5, 5.41) is 4.02. The van der Waals surface area contributed by atoms with E-state index in [4.69, 9.17) is 32.4 Å². The van der Waals surface area contributed by atoms with Gasteiger partial charge in [0.05, 0.1) is 18.4 Å². The number of nitrogens with zero attached hydrogens (tertiary/aromatic N) is 2. The minimum atomic E-state index is -0.661. The number of allylic oxidation sites excluding steroid dienone is 1. The van der Waals surface area contributed by atoms with Crippen molar-refractivity contribution in [1.29, 1.82) is 0 Å². The summed E-state index contributed by atoms with van der Waals surface area (Å²) < 4.78 is 10.9. The summed E-state index contributed by atoms with van der Waals surface area (Å²) in [6.45, 7) is 4.30. The first-order valence-corrected chi connectivity index (χ1v) is 10.3. The predicted molar refractivity (Wildman–Crippen MR) is 113 cm³/mol. The Morgan fingerprint density at radius 2 is 2.10 bits per heavy atom. The van der Waals surface area contributed by atoms with Crippen molar-refractivity contribution >= 4 is 35.0 Å². The van der Waals surface area contributed by atoms with E-state index >= 15 is 0 Å². The molecule has 1 atom stereocenters. The van der Waals surface area contributed by atoms with E-state index in [-0.39, 0.29) is 0 Å². The average molecular weight is 436 g/mol. The lowest BCUT2D eigenvalue weighted by Gasteiger charge is -2.25. The molecule has 0 saturated heterocycles. The number of unbranched alkanes of at least 4 members (excludes halogenated alkanes) is 3. The average Bonchev–Trinajstić information content (AvgIpc) is 3.22. The Morgan fingerprint density at radius 3 is 2.79 bits per heavy atom. The van der Waals surface area contributed by atoms with Crippen LogP contribution >= 0.6 is 23.2 Å². The summed E-state index contributed by atoms with van der Waals surface area (Å²) >= 11 is 12.5. The summed E-state index contributed by atoms with van der Waals surface area (Å²) in [5.74, 6) is 0.326. The van der Waals surface area contributed by atoms with E-state index in [0.717, 1.165) is 25.7 Å². The highest BCUT2D eigenvalue weighted by Gasteiger charge is 2.33. The van der Waals surface area contributed by atoms with Crippen molar-refractivity contribution < 1.29 is 13.9 Å². The van der Waals surface area contributed by atoms with Gasteiger partial charge in [0.15, 0.2) is 5.84 Å². The zero-order valence-corrected chi connectivity index (χ0v) is 17.9. The number of esters is 1. The SMILES string of the molecule is CCCCCCOC(=O)C1=C(C)NC(c2ncco2)=NC1c1ccc(Cl)cc1Cl. The molecule has 2 heterocycles. The Kier molecular flexibility index (Phi) is 7.34. The number of hydrogen-bond donors (Lipinski definition) is 1. The third kappa shape index (κ3) is 5.19. The summed E-state index contributed by atoms with van der Waals surface area (Å²) in [6, 6.07) is 4.45. The van der Waals surface area contributed by atoms with Crippen molar-refractivity contribution in [1.82, 2.24) is 10.3 Å². The van der Waals surface area contributed by atoms with Crippen molar-refractivity contribution in [3.8, 4) is 0 Å². The number of rotatable bonds is 8. The van der Waals surface area contributed by atoms with Gasteiger partial charge in [-0.15, -0.1) is 0 Å². The lowest BCUT2D eigenvalue weighted by atomic mass is 9.96. The van der Waals surface area contributed by atoms with Gasteiger partial charge in [0, 0.05) is 21.3 Å². The number of benzene rings is 1. The summed E-state index contributed by atoms with van der Waals surface area (Å²) in [7, 11) is 0. The van der Waals surface area contributed by atoms with Crippen LogP contribution in [-0.4, -0.2) is 23.4 Å². The van der Waals surface area contributed by atoms with Gasteiger partial charge in [-0.05, 0) is 25.5 Å². The number of carbonyl (C=O) groups is 1. The Labute approximate surface area is 180 Å². The molecule has 0 radical (unpaired) electrons. The number of hydrogen-bond acceptors (Lipinski definition) is 6. The summed E-state index contributed by atoms with van der Waals surface area (Å²) in [4.78, 5) is 21.7. The first kappa shape index (κ1) is 21.4. The molecule has 0 fully saturated rings. The van der Waals surface area contributed by atoms with Gasteiger partial charge in [-0.1, -0.05) is 55.5 Å². The smallest absolute Gasteiger partial charge is 0.338 e. The quantitative estimate of drug-likeness (QED) is 0.439. The molecular weight excluding hydrogens is 413 g/mol. The molecule has 3 rings (SSSR count). The van der Waals surface area contributed by atoms with Crippen molar-refractivity contribution in [3.63, 3.8) is 0 Å². The molecule has 1 aromatic heterocycles. The third-order valence-corrected chi connectivity index (χ3v) is 5.15. The molecule has 2 aromatic rings. The van der Waals surface area contributed by atoms with Crippen LogP contribution in [0.1, 0.15) is 57.0 Å². The maximum absolute atomic E-state index is 12.9. The van der Waals surface area contributed by atoms with E-state index in [1.807, 2.05) is 0 Å². The van der Waals surface area contributed by atoms with Crippen molar-refractivity contribution in [2.75, 3.05) is 6.61 Å². The molecule has 8 heteroatoms. The molecule has 1 unspecified atom stereocenters.